The van der Waals surface area contributed by atoms with Crippen molar-refractivity contribution >= 4 is 22.4 Å². The van der Waals surface area contributed by atoms with E-state index in [9.17, 15) is 4.79 Å². The van der Waals surface area contributed by atoms with E-state index < -0.39 is 0 Å². The van der Waals surface area contributed by atoms with Gasteiger partial charge in [0.2, 0.25) is 0 Å². The van der Waals surface area contributed by atoms with Gasteiger partial charge in [0, 0.05) is 17.0 Å². The number of halogens is 1. The lowest BCUT2D eigenvalue weighted by Crippen LogP contribution is -2.04. The van der Waals surface area contributed by atoms with Gasteiger partial charge in [-0.3, -0.25) is 4.79 Å². The molecular formula is C10H8ClNO2. The molecule has 0 aliphatic rings. The molecule has 0 fully saturated rings. The number of benzene rings is 1. The van der Waals surface area contributed by atoms with Gasteiger partial charge in [0.25, 0.3) is 5.56 Å². The molecule has 0 aliphatic carbocycles. The summed E-state index contributed by atoms with van der Waals surface area (Å²) in [5, 5.41) is 1.78. The minimum atomic E-state index is -0.146. The molecule has 0 bridgehead atoms. The van der Waals surface area contributed by atoms with Gasteiger partial charge in [-0.05, 0) is 18.2 Å². The Balaban J connectivity index is 2.87. The topological polar surface area (TPSA) is 42.1 Å². The zero-order chi connectivity index (χ0) is 10.1. The van der Waals surface area contributed by atoms with Gasteiger partial charge in [0.1, 0.15) is 5.75 Å². The van der Waals surface area contributed by atoms with Crippen molar-refractivity contribution in [3.05, 3.63) is 39.8 Å². The van der Waals surface area contributed by atoms with Crippen LogP contribution in [0.15, 0.2) is 29.2 Å². The summed E-state index contributed by atoms with van der Waals surface area (Å²) in [7, 11) is 1.57. The third-order valence-electron chi connectivity index (χ3n) is 2.06. The average molecular weight is 210 g/mol. The molecule has 1 aromatic heterocycles. The number of rotatable bonds is 1. The lowest BCUT2D eigenvalue weighted by atomic mass is 10.2. The van der Waals surface area contributed by atoms with Gasteiger partial charge in [-0.15, -0.1) is 0 Å². The molecule has 2 rings (SSSR count). The average Bonchev–Trinajstić information content (AvgIpc) is 2.23. The summed E-state index contributed by atoms with van der Waals surface area (Å²) in [5.41, 5.74) is -0.146. The Bertz CT molecular complexity index is 533. The van der Waals surface area contributed by atoms with Crippen LogP contribution in [0.4, 0.5) is 0 Å². The molecule has 0 radical (unpaired) electrons. The Hall–Kier alpha value is -1.48. The Morgan fingerprint density at radius 2 is 2.14 bits per heavy atom. The summed E-state index contributed by atoms with van der Waals surface area (Å²) >= 11 is 5.93. The predicted molar refractivity (Wildman–Crippen MR) is 56.1 cm³/mol. The second kappa shape index (κ2) is 3.35. The third-order valence-corrected chi connectivity index (χ3v) is 2.37. The van der Waals surface area contributed by atoms with E-state index in [1.54, 1.807) is 25.3 Å². The van der Waals surface area contributed by atoms with Gasteiger partial charge >= 0.3 is 0 Å². The lowest BCUT2D eigenvalue weighted by molar-refractivity contribution is 0.415. The molecule has 4 heteroatoms. The highest BCUT2D eigenvalue weighted by Crippen LogP contribution is 2.23. The van der Waals surface area contributed by atoms with E-state index in [2.05, 4.69) is 4.98 Å². The van der Waals surface area contributed by atoms with Gasteiger partial charge in [-0.1, -0.05) is 11.6 Å². The normalized spacial score (nSPS) is 10.4. The number of H-pyrrole nitrogens is 1. The van der Waals surface area contributed by atoms with E-state index in [0.717, 1.165) is 0 Å². The Morgan fingerprint density at radius 1 is 1.36 bits per heavy atom. The minimum Gasteiger partial charge on any atom is -0.497 e. The van der Waals surface area contributed by atoms with Crippen LogP contribution < -0.4 is 10.3 Å². The number of nitrogens with one attached hydrogen (secondary N) is 1. The van der Waals surface area contributed by atoms with Crippen LogP contribution in [0, 0.1) is 0 Å². The fourth-order valence-corrected chi connectivity index (χ4v) is 1.54. The maximum atomic E-state index is 11.4. The summed E-state index contributed by atoms with van der Waals surface area (Å²) in [6.45, 7) is 0. The zero-order valence-electron chi connectivity index (χ0n) is 7.50. The maximum absolute atomic E-state index is 11.4. The SMILES string of the molecule is COc1ccc2c(=O)[nH]cc(Cl)c2c1. The fraction of sp³-hybridized carbons (Fsp3) is 0.100. The number of fused-ring (bicyclic) bond motifs is 1. The first kappa shape index (κ1) is 9.09. The molecule has 0 saturated carbocycles. The van der Waals surface area contributed by atoms with Crippen LogP contribution >= 0.6 is 11.6 Å². The summed E-state index contributed by atoms with van der Waals surface area (Å²) < 4.78 is 5.05. The Labute approximate surface area is 85.3 Å². The number of hydrogen-bond acceptors (Lipinski definition) is 2. The van der Waals surface area contributed by atoms with Crippen molar-refractivity contribution in [3.63, 3.8) is 0 Å². The van der Waals surface area contributed by atoms with E-state index in [0.29, 0.717) is 21.5 Å². The molecule has 0 saturated heterocycles. The molecule has 0 amide bonds. The standard InChI is InChI=1S/C10H8ClNO2/c1-14-6-2-3-7-8(4-6)9(11)5-12-10(7)13/h2-5H,1H3,(H,12,13). The molecule has 1 heterocycles. The van der Waals surface area contributed by atoms with Crippen LogP contribution in [0.3, 0.4) is 0 Å². The highest BCUT2D eigenvalue weighted by Gasteiger charge is 2.03. The second-order valence-corrected chi connectivity index (χ2v) is 3.28. The Morgan fingerprint density at radius 3 is 2.86 bits per heavy atom. The van der Waals surface area contributed by atoms with Gasteiger partial charge in [-0.25, -0.2) is 0 Å². The van der Waals surface area contributed by atoms with E-state index >= 15 is 0 Å². The summed E-state index contributed by atoms with van der Waals surface area (Å²) in [6.07, 6.45) is 1.48. The summed E-state index contributed by atoms with van der Waals surface area (Å²) in [6, 6.07) is 5.17. The lowest BCUT2D eigenvalue weighted by Gasteiger charge is -2.02. The smallest absolute Gasteiger partial charge is 0.255 e. The molecular weight excluding hydrogens is 202 g/mol. The zero-order valence-corrected chi connectivity index (χ0v) is 8.26. The highest BCUT2D eigenvalue weighted by molar-refractivity contribution is 6.35. The van der Waals surface area contributed by atoms with Crippen LogP contribution in [-0.2, 0) is 0 Å². The number of hydrogen-bond donors (Lipinski definition) is 1. The van der Waals surface area contributed by atoms with Gasteiger partial charge < -0.3 is 9.72 Å². The van der Waals surface area contributed by atoms with E-state index in [1.165, 1.54) is 6.20 Å². The van der Waals surface area contributed by atoms with Crippen molar-refractivity contribution in [2.24, 2.45) is 0 Å². The summed E-state index contributed by atoms with van der Waals surface area (Å²) in [4.78, 5) is 13.9. The van der Waals surface area contributed by atoms with Crippen molar-refractivity contribution in [1.82, 2.24) is 4.98 Å². The molecule has 14 heavy (non-hydrogen) atoms. The number of aromatic nitrogens is 1. The first-order valence-corrected chi connectivity index (χ1v) is 4.45. The van der Waals surface area contributed by atoms with Crippen LogP contribution in [0.25, 0.3) is 10.8 Å². The number of pyridine rings is 1. The highest BCUT2D eigenvalue weighted by atomic mass is 35.5. The van der Waals surface area contributed by atoms with Crippen molar-refractivity contribution in [3.8, 4) is 5.75 Å². The summed E-state index contributed by atoms with van der Waals surface area (Å²) in [5.74, 6) is 0.685. The fourth-order valence-electron chi connectivity index (χ4n) is 1.33. The van der Waals surface area contributed by atoms with Gasteiger partial charge in [0.15, 0.2) is 0 Å². The number of methoxy groups -OCH3 is 1. The van der Waals surface area contributed by atoms with Gasteiger partial charge in [-0.2, -0.15) is 0 Å². The maximum Gasteiger partial charge on any atom is 0.255 e. The van der Waals surface area contributed by atoms with Crippen LogP contribution in [0.5, 0.6) is 5.75 Å². The molecule has 0 atom stereocenters. The minimum absolute atomic E-state index is 0.146. The van der Waals surface area contributed by atoms with E-state index in [1.807, 2.05) is 0 Å². The number of aromatic amines is 1. The van der Waals surface area contributed by atoms with Crippen molar-refractivity contribution < 1.29 is 4.74 Å². The number of ether oxygens (including phenoxy) is 1. The first-order valence-electron chi connectivity index (χ1n) is 4.07. The predicted octanol–water partition coefficient (Wildman–Crippen LogP) is 2.19. The van der Waals surface area contributed by atoms with Gasteiger partial charge in [0.05, 0.1) is 12.1 Å². The second-order valence-electron chi connectivity index (χ2n) is 2.88. The monoisotopic (exact) mass is 209 g/mol. The first-order chi connectivity index (χ1) is 6.72. The molecule has 2 aromatic rings. The molecule has 1 N–H and O–H groups in total. The Kier molecular flexibility index (Phi) is 2.17. The van der Waals surface area contributed by atoms with Crippen molar-refractivity contribution in [2.75, 3.05) is 7.11 Å². The van der Waals surface area contributed by atoms with Crippen LogP contribution in [-0.4, -0.2) is 12.1 Å². The molecule has 0 aliphatic heterocycles. The molecule has 3 nitrogen and oxygen atoms in total. The van der Waals surface area contributed by atoms with E-state index in [4.69, 9.17) is 16.3 Å². The van der Waals surface area contributed by atoms with E-state index in [-0.39, 0.29) is 5.56 Å². The molecule has 1 aromatic carbocycles. The van der Waals surface area contributed by atoms with Crippen molar-refractivity contribution in [2.45, 2.75) is 0 Å². The largest absolute Gasteiger partial charge is 0.497 e. The molecule has 0 spiro atoms. The van der Waals surface area contributed by atoms with Crippen LogP contribution in [0.1, 0.15) is 0 Å². The third kappa shape index (κ3) is 1.36. The molecule has 0 unspecified atom stereocenters. The van der Waals surface area contributed by atoms with Crippen molar-refractivity contribution in [1.29, 1.82) is 0 Å². The quantitative estimate of drug-likeness (QED) is 0.782. The van der Waals surface area contributed by atoms with Crippen LogP contribution in [0.2, 0.25) is 5.02 Å². The molecule has 72 valence electrons.